The van der Waals surface area contributed by atoms with Gasteiger partial charge in [0.2, 0.25) is 0 Å². The smallest absolute Gasteiger partial charge is 0.311 e. The highest BCUT2D eigenvalue weighted by Gasteiger charge is 2.40. The number of pyridine rings is 1. The molecule has 1 aromatic rings. The Morgan fingerprint density at radius 3 is 2.74 bits per heavy atom. The molecular formula is C16H23N3O4. The van der Waals surface area contributed by atoms with Gasteiger partial charge in [0, 0.05) is 19.2 Å². The van der Waals surface area contributed by atoms with Crippen molar-refractivity contribution in [3.8, 4) is 0 Å². The monoisotopic (exact) mass is 321 g/mol. The van der Waals surface area contributed by atoms with Crippen molar-refractivity contribution in [2.75, 3.05) is 25.1 Å². The van der Waals surface area contributed by atoms with E-state index >= 15 is 0 Å². The number of rotatable bonds is 4. The van der Waals surface area contributed by atoms with Crippen LogP contribution in [0.15, 0.2) is 12.1 Å². The fourth-order valence-corrected chi connectivity index (χ4v) is 3.11. The van der Waals surface area contributed by atoms with E-state index < -0.39 is 10.3 Å². The van der Waals surface area contributed by atoms with Gasteiger partial charge >= 0.3 is 5.97 Å². The van der Waals surface area contributed by atoms with Crippen LogP contribution in [0.3, 0.4) is 0 Å². The number of carbonyl (C=O) groups excluding carboxylic acids is 1. The molecule has 7 nitrogen and oxygen atoms in total. The second-order valence-electron chi connectivity index (χ2n) is 6.53. The van der Waals surface area contributed by atoms with Crippen molar-refractivity contribution < 1.29 is 14.5 Å². The van der Waals surface area contributed by atoms with Crippen LogP contribution in [0.1, 0.15) is 32.4 Å². The molecule has 2 heterocycles. The van der Waals surface area contributed by atoms with E-state index in [0.29, 0.717) is 12.2 Å². The highest BCUT2D eigenvalue weighted by Crippen LogP contribution is 2.36. The summed E-state index contributed by atoms with van der Waals surface area (Å²) in [7, 11) is 1.41. The van der Waals surface area contributed by atoms with Gasteiger partial charge in [0.25, 0.3) is 5.69 Å². The van der Waals surface area contributed by atoms with Gasteiger partial charge < -0.3 is 9.64 Å². The quantitative estimate of drug-likeness (QED) is 0.481. The normalized spacial score (nSPS) is 18.6. The molecule has 23 heavy (non-hydrogen) atoms. The average molecular weight is 321 g/mol. The van der Waals surface area contributed by atoms with Crippen LogP contribution in [0.2, 0.25) is 0 Å². The summed E-state index contributed by atoms with van der Waals surface area (Å²) in [6.07, 6.45) is 1.90. The van der Waals surface area contributed by atoms with E-state index in [1.807, 2.05) is 13.8 Å². The average Bonchev–Trinajstić information content (AvgIpc) is 2.53. The van der Waals surface area contributed by atoms with E-state index in [0.717, 1.165) is 25.2 Å². The van der Waals surface area contributed by atoms with Gasteiger partial charge in [0.15, 0.2) is 0 Å². The van der Waals surface area contributed by atoms with Gasteiger partial charge in [-0.15, -0.1) is 0 Å². The van der Waals surface area contributed by atoms with E-state index in [2.05, 4.69) is 9.88 Å². The lowest BCUT2D eigenvalue weighted by molar-refractivity contribution is -0.385. The molecule has 1 unspecified atom stereocenters. The molecule has 1 saturated heterocycles. The number of nitrogens with zero attached hydrogens (tertiary/aromatic N) is 3. The lowest BCUT2D eigenvalue weighted by atomic mass is 9.74. The molecule has 0 bridgehead atoms. The second-order valence-corrected chi connectivity index (χ2v) is 6.53. The molecule has 0 spiro atoms. The maximum atomic E-state index is 12.0. The second kappa shape index (κ2) is 6.52. The first-order chi connectivity index (χ1) is 10.8. The number of anilines is 1. The summed E-state index contributed by atoms with van der Waals surface area (Å²) < 4.78 is 4.92. The van der Waals surface area contributed by atoms with Crippen LogP contribution in [-0.2, 0) is 9.53 Å². The van der Waals surface area contributed by atoms with Crippen molar-refractivity contribution in [1.82, 2.24) is 4.98 Å². The number of carbonyl (C=O) groups is 1. The minimum Gasteiger partial charge on any atom is -0.469 e. The third kappa shape index (κ3) is 3.43. The lowest BCUT2D eigenvalue weighted by Gasteiger charge is -2.40. The Morgan fingerprint density at radius 1 is 1.48 bits per heavy atom. The summed E-state index contributed by atoms with van der Waals surface area (Å²) in [5.74, 6) is 0.664. The highest BCUT2D eigenvalue weighted by atomic mass is 16.6. The minimum absolute atomic E-state index is 0.0252. The van der Waals surface area contributed by atoms with Crippen LogP contribution in [0.5, 0.6) is 0 Å². The number of nitro groups is 1. The van der Waals surface area contributed by atoms with Crippen molar-refractivity contribution in [2.24, 2.45) is 11.3 Å². The van der Waals surface area contributed by atoms with Crippen molar-refractivity contribution >= 4 is 17.5 Å². The minimum atomic E-state index is -0.566. The van der Waals surface area contributed by atoms with Crippen LogP contribution in [0.25, 0.3) is 0 Å². The van der Waals surface area contributed by atoms with Crippen LogP contribution < -0.4 is 4.90 Å². The standard InChI is InChI=1S/C16H23N3O4/c1-11-13(19(21)22)7-8-14(17-11)18-9-5-6-12(10-18)16(2,3)15(20)23-4/h7-8,12H,5-6,9-10H2,1-4H3. The number of hydrogen-bond acceptors (Lipinski definition) is 6. The van der Waals surface area contributed by atoms with E-state index in [-0.39, 0.29) is 17.6 Å². The van der Waals surface area contributed by atoms with Gasteiger partial charge in [-0.25, -0.2) is 4.98 Å². The summed E-state index contributed by atoms with van der Waals surface area (Å²) in [5, 5.41) is 10.9. The summed E-state index contributed by atoms with van der Waals surface area (Å²) in [4.78, 5) is 29.0. The number of methoxy groups -OCH3 is 1. The third-order valence-electron chi connectivity index (χ3n) is 4.72. The Hall–Kier alpha value is -2.18. The van der Waals surface area contributed by atoms with Crippen molar-refractivity contribution in [2.45, 2.75) is 33.6 Å². The molecule has 1 atom stereocenters. The third-order valence-corrected chi connectivity index (χ3v) is 4.72. The van der Waals surface area contributed by atoms with Gasteiger partial charge in [-0.3, -0.25) is 14.9 Å². The molecule has 0 aromatic carbocycles. The Kier molecular flexibility index (Phi) is 4.87. The predicted octanol–water partition coefficient (Wildman–Crippen LogP) is 2.71. The largest absolute Gasteiger partial charge is 0.469 e. The molecule has 0 aliphatic carbocycles. The van der Waals surface area contributed by atoms with Gasteiger partial charge in [-0.2, -0.15) is 0 Å². The Bertz CT molecular complexity index is 615. The highest BCUT2D eigenvalue weighted by molar-refractivity contribution is 5.76. The topological polar surface area (TPSA) is 85.6 Å². The number of aromatic nitrogens is 1. The van der Waals surface area contributed by atoms with Crippen LogP contribution in [0.4, 0.5) is 11.5 Å². The fourth-order valence-electron chi connectivity index (χ4n) is 3.11. The molecule has 0 radical (unpaired) electrons. The van der Waals surface area contributed by atoms with Crippen LogP contribution >= 0.6 is 0 Å². The van der Waals surface area contributed by atoms with Gasteiger partial charge in [0.05, 0.1) is 17.4 Å². The van der Waals surface area contributed by atoms with E-state index in [9.17, 15) is 14.9 Å². The zero-order chi connectivity index (χ0) is 17.2. The first kappa shape index (κ1) is 17.2. The van der Waals surface area contributed by atoms with Crippen LogP contribution in [0, 0.1) is 28.4 Å². The van der Waals surface area contributed by atoms with Crippen molar-refractivity contribution in [1.29, 1.82) is 0 Å². The summed E-state index contributed by atoms with van der Waals surface area (Å²) >= 11 is 0. The molecule has 7 heteroatoms. The van der Waals surface area contributed by atoms with E-state index in [4.69, 9.17) is 4.74 Å². The summed E-state index contributed by atoms with van der Waals surface area (Å²) in [5.41, 5.74) is -0.137. The predicted molar refractivity (Wildman–Crippen MR) is 86.4 cm³/mol. The first-order valence-corrected chi connectivity index (χ1v) is 7.72. The van der Waals surface area contributed by atoms with Crippen molar-refractivity contribution in [3.63, 3.8) is 0 Å². The molecule has 126 valence electrons. The fraction of sp³-hybridized carbons (Fsp3) is 0.625. The number of esters is 1. The molecule has 1 aliphatic rings. The molecular weight excluding hydrogens is 298 g/mol. The Morgan fingerprint density at radius 2 is 2.17 bits per heavy atom. The van der Waals surface area contributed by atoms with Crippen molar-refractivity contribution in [3.05, 3.63) is 27.9 Å². The Balaban J connectivity index is 2.20. The molecule has 1 aliphatic heterocycles. The van der Waals surface area contributed by atoms with Gasteiger partial charge in [-0.05, 0) is 45.6 Å². The molecule has 0 amide bonds. The summed E-state index contributed by atoms with van der Waals surface area (Å²) in [6, 6.07) is 3.17. The zero-order valence-corrected chi connectivity index (χ0v) is 14.0. The summed E-state index contributed by atoms with van der Waals surface area (Å²) in [6.45, 7) is 6.97. The molecule has 1 aromatic heterocycles. The molecule has 2 rings (SSSR count). The zero-order valence-electron chi connectivity index (χ0n) is 14.0. The lowest BCUT2D eigenvalue weighted by Crippen LogP contribution is -2.45. The van der Waals surface area contributed by atoms with Gasteiger partial charge in [0.1, 0.15) is 11.5 Å². The van der Waals surface area contributed by atoms with E-state index in [1.54, 1.807) is 13.0 Å². The van der Waals surface area contributed by atoms with Crippen LogP contribution in [-0.4, -0.2) is 36.1 Å². The molecule has 0 saturated carbocycles. The molecule has 1 fully saturated rings. The maximum absolute atomic E-state index is 12.0. The number of aryl methyl sites for hydroxylation is 1. The van der Waals surface area contributed by atoms with Gasteiger partial charge in [-0.1, -0.05) is 0 Å². The first-order valence-electron chi connectivity index (χ1n) is 7.72. The maximum Gasteiger partial charge on any atom is 0.311 e. The molecule has 0 N–H and O–H groups in total. The number of hydrogen-bond donors (Lipinski definition) is 0. The number of piperidine rings is 1. The Labute approximate surface area is 135 Å². The number of ether oxygens (including phenoxy) is 1. The SMILES string of the molecule is COC(=O)C(C)(C)C1CCCN(c2ccc([N+](=O)[O-])c(C)n2)C1. The van der Waals surface area contributed by atoms with E-state index in [1.165, 1.54) is 13.2 Å².